The quantitative estimate of drug-likeness (QED) is 0.751. The van der Waals surface area contributed by atoms with E-state index in [-0.39, 0.29) is 0 Å². The van der Waals surface area contributed by atoms with Gasteiger partial charge in [-0.2, -0.15) is 0 Å². The number of halogens is 3. The summed E-state index contributed by atoms with van der Waals surface area (Å²) in [5.74, 6) is 0.741. The Morgan fingerprint density at radius 2 is 1.59 bits per heavy atom. The molecule has 2 rings (SSSR count). The van der Waals surface area contributed by atoms with Crippen LogP contribution < -0.4 is 4.74 Å². The van der Waals surface area contributed by atoms with Gasteiger partial charge in [0.15, 0.2) is 0 Å². The van der Waals surface area contributed by atoms with Crippen molar-refractivity contribution in [2.45, 2.75) is 6.61 Å². The molecule has 17 heavy (non-hydrogen) atoms. The van der Waals surface area contributed by atoms with E-state index in [1.165, 1.54) is 0 Å². The minimum atomic E-state index is 0.376. The summed E-state index contributed by atoms with van der Waals surface area (Å²) in [6.45, 7) is 0.376. The lowest BCUT2D eigenvalue weighted by molar-refractivity contribution is 0.306. The van der Waals surface area contributed by atoms with Gasteiger partial charge in [-0.25, -0.2) is 0 Å². The molecular formula is C13H9Cl3O. The molecular weight excluding hydrogens is 279 g/mol. The highest BCUT2D eigenvalue weighted by Crippen LogP contribution is 2.26. The molecule has 88 valence electrons. The monoisotopic (exact) mass is 286 g/mol. The van der Waals surface area contributed by atoms with Crippen molar-refractivity contribution >= 4 is 34.8 Å². The van der Waals surface area contributed by atoms with Gasteiger partial charge in [-0.15, -0.1) is 0 Å². The van der Waals surface area contributed by atoms with E-state index in [1.54, 1.807) is 30.3 Å². The lowest BCUT2D eigenvalue weighted by Crippen LogP contribution is -1.96. The van der Waals surface area contributed by atoms with Crippen molar-refractivity contribution in [1.29, 1.82) is 0 Å². The van der Waals surface area contributed by atoms with Crippen LogP contribution >= 0.6 is 34.8 Å². The second kappa shape index (κ2) is 5.63. The maximum Gasteiger partial charge on any atom is 0.119 e. The molecule has 0 unspecified atom stereocenters. The van der Waals surface area contributed by atoms with Crippen molar-refractivity contribution in [3.63, 3.8) is 0 Å². The standard InChI is InChI=1S/C13H9Cl3O/c14-10-4-6-11(7-5-10)17-8-9-2-1-3-12(15)13(9)16/h1-7H,8H2. The first kappa shape index (κ1) is 12.6. The number of hydrogen-bond donors (Lipinski definition) is 0. The van der Waals surface area contributed by atoms with E-state index in [0.29, 0.717) is 21.7 Å². The summed E-state index contributed by atoms with van der Waals surface area (Å²) in [7, 11) is 0. The zero-order chi connectivity index (χ0) is 12.3. The molecule has 0 aliphatic carbocycles. The Kier molecular flexibility index (Phi) is 4.16. The normalized spacial score (nSPS) is 10.3. The number of benzene rings is 2. The number of ether oxygens (including phenoxy) is 1. The number of rotatable bonds is 3. The van der Waals surface area contributed by atoms with Gasteiger partial charge in [0.05, 0.1) is 10.0 Å². The van der Waals surface area contributed by atoms with E-state index in [9.17, 15) is 0 Å². The summed E-state index contributed by atoms with van der Waals surface area (Å²) in [6.07, 6.45) is 0. The van der Waals surface area contributed by atoms with Crippen LogP contribution in [-0.2, 0) is 6.61 Å². The van der Waals surface area contributed by atoms with Crippen molar-refractivity contribution in [2.24, 2.45) is 0 Å². The van der Waals surface area contributed by atoms with Crippen LogP contribution in [0.25, 0.3) is 0 Å². The van der Waals surface area contributed by atoms with Gasteiger partial charge >= 0.3 is 0 Å². The Hall–Kier alpha value is -0.890. The fraction of sp³-hybridized carbons (Fsp3) is 0.0769. The van der Waals surface area contributed by atoms with Gasteiger partial charge in [0, 0.05) is 10.6 Å². The van der Waals surface area contributed by atoms with Gasteiger partial charge in [-0.05, 0) is 30.3 Å². The summed E-state index contributed by atoms with van der Waals surface area (Å²) < 4.78 is 5.58. The lowest BCUT2D eigenvalue weighted by Gasteiger charge is -2.08. The van der Waals surface area contributed by atoms with E-state index in [4.69, 9.17) is 39.5 Å². The van der Waals surface area contributed by atoms with E-state index in [1.807, 2.05) is 12.1 Å². The second-order valence-corrected chi connectivity index (χ2v) is 4.68. The predicted octanol–water partition coefficient (Wildman–Crippen LogP) is 5.23. The van der Waals surface area contributed by atoms with Gasteiger partial charge in [0.2, 0.25) is 0 Å². The average molecular weight is 288 g/mol. The van der Waals surface area contributed by atoms with Gasteiger partial charge in [-0.1, -0.05) is 46.9 Å². The molecule has 1 nitrogen and oxygen atoms in total. The van der Waals surface area contributed by atoms with Crippen molar-refractivity contribution in [3.8, 4) is 5.75 Å². The highest BCUT2D eigenvalue weighted by molar-refractivity contribution is 6.42. The minimum Gasteiger partial charge on any atom is -0.489 e. The van der Waals surface area contributed by atoms with Crippen LogP contribution in [0.3, 0.4) is 0 Å². The maximum absolute atomic E-state index is 6.05. The summed E-state index contributed by atoms with van der Waals surface area (Å²) in [5, 5.41) is 1.74. The van der Waals surface area contributed by atoms with Crippen molar-refractivity contribution in [3.05, 3.63) is 63.1 Å². The first-order valence-corrected chi connectivity index (χ1v) is 6.11. The Morgan fingerprint density at radius 1 is 0.882 bits per heavy atom. The predicted molar refractivity (Wildman–Crippen MR) is 72.2 cm³/mol. The molecule has 0 saturated carbocycles. The fourth-order valence-electron chi connectivity index (χ4n) is 1.35. The zero-order valence-electron chi connectivity index (χ0n) is 8.79. The van der Waals surface area contributed by atoms with Crippen LogP contribution in [0, 0.1) is 0 Å². The van der Waals surface area contributed by atoms with E-state index < -0.39 is 0 Å². The van der Waals surface area contributed by atoms with E-state index in [0.717, 1.165) is 11.3 Å². The third-order valence-corrected chi connectivity index (χ3v) is 3.35. The zero-order valence-corrected chi connectivity index (χ0v) is 11.1. The highest BCUT2D eigenvalue weighted by Gasteiger charge is 2.04. The molecule has 0 atom stereocenters. The average Bonchev–Trinajstić information content (AvgIpc) is 2.33. The first-order chi connectivity index (χ1) is 8.16. The Labute approximate surface area is 115 Å². The topological polar surface area (TPSA) is 9.23 Å². The van der Waals surface area contributed by atoms with Crippen LogP contribution in [0.2, 0.25) is 15.1 Å². The van der Waals surface area contributed by atoms with Crippen molar-refractivity contribution in [1.82, 2.24) is 0 Å². The second-order valence-electron chi connectivity index (χ2n) is 3.46. The lowest BCUT2D eigenvalue weighted by atomic mass is 10.2. The molecule has 2 aromatic rings. The summed E-state index contributed by atoms with van der Waals surface area (Å²) in [6, 6.07) is 12.6. The van der Waals surface area contributed by atoms with Crippen molar-refractivity contribution < 1.29 is 4.74 Å². The van der Waals surface area contributed by atoms with E-state index in [2.05, 4.69) is 0 Å². The molecule has 0 saturated heterocycles. The molecule has 0 spiro atoms. The van der Waals surface area contributed by atoms with Crippen LogP contribution in [0.5, 0.6) is 5.75 Å². The summed E-state index contributed by atoms with van der Waals surface area (Å²) in [5.41, 5.74) is 0.856. The smallest absolute Gasteiger partial charge is 0.119 e. The SMILES string of the molecule is Clc1ccc(OCc2cccc(Cl)c2Cl)cc1. The van der Waals surface area contributed by atoms with Crippen LogP contribution in [0.1, 0.15) is 5.56 Å². The van der Waals surface area contributed by atoms with Crippen molar-refractivity contribution in [2.75, 3.05) is 0 Å². The first-order valence-electron chi connectivity index (χ1n) is 4.98. The molecule has 0 aromatic heterocycles. The molecule has 0 fully saturated rings. The van der Waals surface area contributed by atoms with Crippen LogP contribution in [-0.4, -0.2) is 0 Å². The molecule has 2 aromatic carbocycles. The summed E-state index contributed by atoms with van der Waals surface area (Å²) in [4.78, 5) is 0. The van der Waals surface area contributed by atoms with Gasteiger partial charge in [-0.3, -0.25) is 0 Å². The largest absolute Gasteiger partial charge is 0.489 e. The molecule has 0 heterocycles. The van der Waals surface area contributed by atoms with E-state index >= 15 is 0 Å². The Bertz CT molecular complexity index is 509. The molecule has 0 N–H and O–H groups in total. The molecule has 0 bridgehead atoms. The Balaban J connectivity index is 2.07. The van der Waals surface area contributed by atoms with Gasteiger partial charge < -0.3 is 4.74 Å². The molecule has 0 radical (unpaired) electrons. The third-order valence-electron chi connectivity index (χ3n) is 2.24. The molecule has 0 amide bonds. The van der Waals surface area contributed by atoms with Crippen LogP contribution in [0.4, 0.5) is 0 Å². The minimum absolute atomic E-state index is 0.376. The maximum atomic E-state index is 6.05. The van der Waals surface area contributed by atoms with Gasteiger partial charge in [0.25, 0.3) is 0 Å². The molecule has 0 aliphatic rings. The summed E-state index contributed by atoms with van der Waals surface area (Å²) >= 11 is 17.7. The third kappa shape index (κ3) is 3.29. The van der Waals surface area contributed by atoms with Gasteiger partial charge in [0.1, 0.15) is 12.4 Å². The highest BCUT2D eigenvalue weighted by atomic mass is 35.5. The molecule has 0 aliphatic heterocycles. The molecule has 4 heteroatoms. The fourth-order valence-corrected chi connectivity index (χ4v) is 1.85. The van der Waals surface area contributed by atoms with Crippen LogP contribution in [0.15, 0.2) is 42.5 Å². The Morgan fingerprint density at radius 3 is 2.29 bits per heavy atom. The number of hydrogen-bond acceptors (Lipinski definition) is 1.